The molecule has 0 bridgehead atoms. The van der Waals surface area contributed by atoms with E-state index in [4.69, 9.17) is 4.42 Å². The van der Waals surface area contributed by atoms with E-state index in [9.17, 15) is 0 Å². The fourth-order valence-corrected chi connectivity index (χ4v) is 9.95. The van der Waals surface area contributed by atoms with Crippen LogP contribution in [0.25, 0.3) is 75.1 Å². The van der Waals surface area contributed by atoms with Gasteiger partial charge < -0.3 is 9.32 Å². The zero-order valence-electron chi connectivity index (χ0n) is 28.9. The second-order valence-electron chi connectivity index (χ2n) is 14.5. The summed E-state index contributed by atoms with van der Waals surface area (Å²) in [5, 5.41) is 7.46. The maximum atomic E-state index is 6.98. The van der Waals surface area contributed by atoms with Gasteiger partial charge in [0.25, 0.3) is 0 Å². The molecule has 8 aromatic carbocycles. The number of anilines is 3. The Labute approximate surface area is 305 Å². The minimum absolute atomic E-state index is 0.225. The van der Waals surface area contributed by atoms with Crippen LogP contribution in [-0.2, 0) is 5.41 Å². The Morgan fingerprint density at radius 3 is 2.00 bits per heavy atom. The molecule has 52 heavy (non-hydrogen) atoms. The summed E-state index contributed by atoms with van der Waals surface area (Å²) in [6, 6.07) is 59.7. The average molecular weight is 684 g/mol. The summed E-state index contributed by atoms with van der Waals surface area (Å²) in [7, 11) is 0. The molecular formula is C49H33NOS. The first-order chi connectivity index (χ1) is 25.5. The number of fused-ring (bicyclic) bond motifs is 13. The van der Waals surface area contributed by atoms with Crippen molar-refractivity contribution < 1.29 is 4.42 Å². The quantitative estimate of drug-likeness (QED) is 0.184. The van der Waals surface area contributed by atoms with Gasteiger partial charge in [0.15, 0.2) is 0 Å². The predicted molar refractivity (Wildman–Crippen MR) is 222 cm³/mol. The van der Waals surface area contributed by atoms with E-state index in [-0.39, 0.29) is 5.41 Å². The fourth-order valence-electron chi connectivity index (χ4n) is 8.86. The summed E-state index contributed by atoms with van der Waals surface area (Å²) in [5.41, 5.74) is 12.5. The fraction of sp³-hybridized carbons (Fsp3) is 0.0612. The molecule has 2 heterocycles. The third kappa shape index (κ3) is 4.17. The third-order valence-corrected chi connectivity index (χ3v) is 12.4. The van der Waals surface area contributed by atoms with Crippen molar-refractivity contribution in [1.82, 2.24) is 0 Å². The highest BCUT2D eigenvalue weighted by Gasteiger charge is 2.40. The maximum Gasteiger partial charge on any atom is 0.144 e. The topological polar surface area (TPSA) is 16.4 Å². The first kappa shape index (κ1) is 29.6. The SMILES string of the molecule is CC1(C)c2ccc(N(c3ccccc3)c3ccc4sc5ccccc5c4c3)cc2-c2c1c1ccccc1c1c2oc2ccc(-c3ccccc3)cc21. The number of rotatable bonds is 4. The van der Waals surface area contributed by atoms with Crippen LogP contribution in [0.3, 0.4) is 0 Å². The van der Waals surface area contributed by atoms with E-state index in [1.165, 1.54) is 69.7 Å². The molecule has 1 aliphatic rings. The van der Waals surface area contributed by atoms with E-state index in [1.807, 2.05) is 11.3 Å². The van der Waals surface area contributed by atoms with Crippen molar-refractivity contribution in [2.24, 2.45) is 0 Å². The lowest BCUT2D eigenvalue weighted by Crippen LogP contribution is -2.16. The van der Waals surface area contributed by atoms with Gasteiger partial charge in [-0.15, -0.1) is 11.3 Å². The van der Waals surface area contributed by atoms with Crippen LogP contribution >= 0.6 is 11.3 Å². The Bertz CT molecular complexity index is 3040. The van der Waals surface area contributed by atoms with Crippen molar-refractivity contribution in [3.8, 4) is 22.3 Å². The number of hydrogen-bond acceptors (Lipinski definition) is 3. The standard InChI is InChI=1S/C49H33NOS/c1-49(2)41-24-22-33(50(32-15-7-4-8-16-32)34-23-26-44-38(28-34)35-17-11-12-20-43(35)52-44)29-39(41)46-47(49)37-19-10-9-18-36(37)45-40-27-31(30-13-5-3-6-14-30)21-25-42(40)51-48(45)46/h3-29H,1-2H3. The third-order valence-electron chi connectivity index (χ3n) is 11.2. The highest BCUT2D eigenvalue weighted by molar-refractivity contribution is 7.25. The van der Waals surface area contributed by atoms with Crippen molar-refractivity contribution >= 4 is 81.3 Å². The summed E-state index contributed by atoms with van der Waals surface area (Å²) in [4.78, 5) is 2.40. The van der Waals surface area contributed by atoms with Gasteiger partial charge in [0.05, 0.1) is 0 Å². The molecule has 0 saturated carbocycles. The number of hydrogen-bond donors (Lipinski definition) is 0. The van der Waals surface area contributed by atoms with Crippen LogP contribution in [0.4, 0.5) is 17.1 Å². The number of nitrogens with zero attached hydrogens (tertiary/aromatic N) is 1. The zero-order valence-corrected chi connectivity index (χ0v) is 29.7. The van der Waals surface area contributed by atoms with Crippen molar-refractivity contribution in [3.63, 3.8) is 0 Å². The molecule has 0 aliphatic heterocycles. The first-order valence-corrected chi connectivity index (χ1v) is 18.7. The van der Waals surface area contributed by atoms with Crippen LogP contribution < -0.4 is 4.90 Å². The predicted octanol–water partition coefficient (Wildman–Crippen LogP) is 14.6. The van der Waals surface area contributed by atoms with Crippen LogP contribution in [0.2, 0.25) is 0 Å². The molecular weight excluding hydrogens is 651 g/mol. The first-order valence-electron chi connectivity index (χ1n) is 17.9. The van der Waals surface area contributed by atoms with Crippen molar-refractivity contribution in [3.05, 3.63) is 175 Å². The summed E-state index contributed by atoms with van der Waals surface area (Å²) in [6.45, 7) is 4.74. The highest BCUT2D eigenvalue weighted by Crippen LogP contribution is 2.57. The summed E-state index contributed by atoms with van der Waals surface area (Å²) >= 11 is 1.86. The molecule has 0 N–H and O–H groups in total. The Morgan fingerprint density at radius 2 is 1.17 bits per heavy atom. The molecule has 0 spiro atoms. The summed E-state index contributed by atoms with van der Waals surface area (Å²) in [5.74, 6) is 0. The molecule has 0 radical (unpaired) electrons. The van der Waals surface area contributed by atoms with E-state index in [2.05, 4.69) is 183 Å². The van der Waals surface area contributed by atoms with E-state index in [0.29, 0.717) is 0 Å². The van der Waals surface area contributed by atoms with Gasteiger partial charge in [0.2, 0.25) is 0 Å². The van der Waals surface area contributed by atoms with Gasteiger partial charge in [0, 0.05) is 59.0 Å². The lowest BCUT2D eigenvalue weighted by Gasteiger charge is -2.27. The molecule has 0 atom stereocenters. The molecule has 0 saturated heterocycles. The van der Waals surface area contributed by atoms with Crippen molar-refractivity contribution in [1.29, 1.82) is 0 Å². The van der Waals surface area contributed by atoms with Crippen LogP contribution in [0.15, 0.2) is 168 Å². The minimum Gasteiger partial charge on any atom is -0.455 e. The average Bonchev–Trinajstić information content (AvgIpc) is 3.83. The molecule has 246 valence electrons. The molecule has 2 aromatic heterocycles. The normalized spacial score (nSPS) is 13.3. The van der Waals surface area contributed by atoms with Gasteiger partial charge >= 0.3 is 0 Å². The van der Waals surface area contributed by atoms with Crippen LogP contribution in [0.1, 0.15) is 25.0 Å². The van der Waals surface area contributed by atoms with E-state index >= 15 is 0 Å². The molecule has 3 heteroatoms. The molecule has 2 nitrogen and oxygen atoms in total. The monoisotopic (exact) mass is 683 g/mol. The Morgan fingerprint density at radius 1 is 0.500 bits per heavy atom. The zero-order chi connectivity index (χ0) is 34.6. The van der Waals surface area contributed by atoms with Gasteiger partial charge in [-0.05, 0) is 99.3 Å². The number of furan rings is 1. The molecule has 10 aromatic rings. The Kier molecular flexibility index (Phi) is 6.21. The number of thiophene rings is 1. The van der Waals surface area contributed by atoms with Crippen molar-refractivity contribution in [2.75, 3.05) is 4.90 Å². The van der Waals surface area contributed by atoms with Gasteiger partial charge in [-0.25, -0.2) is 0 Å². The molecule has 11 rings (SSSR count). The molecule has 0 fully saturated rings. The smallest absolute Gasteiger partial charge is 0.144 e. The molecule has 0 unspecified atom stereocenters. The maximum absolute atomic E-state index is 6.98. The van der Waals surface area contributed by atoms with Gasteiger partial charge in [-0.1, -0.05) is 117 Å². The second kappa shape index (κ2) is 10.9. The number of para-hydroxylation sites is 1. The van der Waals surface area contributed by atoms with E-state index in [1.54, 1.807) is 0 Å². The summed E-state index contributed by atoms with van der Waals surface area (Å²) in [6.07, 6.45) is 0. The Balaban J connectivity index is 1.18. The van der Waals surface area contributed by atoms with Gasteiger partial charge in [-0.2, -0.15) is 0 Å². The second-order valence-corrected chi connectivity index (χ2v) is 15.6. The summed E-state index contributed by atoms with van der Waals surface area (Å²) < 4.78 is 9.60. The van der Waals surface area contributed by atoms with Crippen LogP contribution in [-0.4, -0.2) is 0 Å². The van der Waals surface area contributed by atoms with Gasteiger partial charge in [-0.3, -0.25) is 0 Å². The van der Waals surface area contributed by atoms with E-state index in [0.717, 1.165) is 33.6 Å². The van der Waals surface area contributed by atoms with Crippen LogP contribution in [0.5, 0.6) is 0 Å². The lowest BCUT2D eigenvalue weighted by atomic mass is 9.79. The van der Waals surface area contributed by atoms with Crippen LogP contribution in [0, 0.1) is 0 Å². The van der Waals surface area contributed by atoms with Gasteiger partial charge in [0.1, 0.15) is 11.2 Å². The largest absolute Gasteiger partial charge is 0.455 e. The van der Waals surface area contributed by atoms with Crippen molar-refractivity contribution in [2.45, 2.75) is 19.3 Å². The highest BCUT2D eigenvalue weighted by atomic mass is 32.1. The molecule has 0 amide bonds. The minimum atomic E-state index is -0.225. The lowest BCUT2D eigenvalue weighted by molar-refractivity contribution is 0.658. The van der Waals surface area contributed by atoms with E-state index < -0.39 is 0 Å². The number of benzene rings is 8. The Hall–Kier alpha value is -6.16. The molecule has 1 aliphatic carbocycles.